The lowest BCUT2D eigenvalue weighted by Gasteiger charge is -2.27. The van der Waals surface area contributed by atoms with Gasteiger partial charge in [-0.3, -0.25) is 19.8 Å². The number of nitro groups is 1. The molecule has 0 saturated carbocycles. The largest absolute Gasteiger partial charge is 0.490 e. The van der Waals surface area contributed by atoms with E-state index in [9.17, 15) is 14.9 Å². The number of H-pyrrole nitrogens is 1. The Labute approximate surface area is 166 Å². The molecule has 0 unspecified atom stereocenters. The summed E-state index contributed by atoms with van der Waals surface area (Å²) >= 11 is 0. The molecule has 0 fully saturated rings. The first kappa shape index (κ1) is 18.8. The zero-order chi connectivity index (χ0) is 20.4. The van der Waals surface area contributed by atoms with Crippen molar-refractivity contribution in [1.82, 2.24) is 14.9 Å². The topological polar surface area (TPSA) is 101 Å². The Morgan fingerprint density at radius 2 is 2.00 bits per heavy atom. The molecule has 1 aliphatic rings. The minimum atomic E-state index is -0.424. The van der Waals surface area contributed by atoms with Crippen molar-refractivity contribution < 1.29 is 9.66 Å². The number of methoxy groups -OCH3 is 1. The second-order valence-electron chi connectivity index (χ2n) is 6.89. The molecule has 2 aromatic carbocycles. The monoisotopic (exact) mass is 392 g/mol. The van der Waals surface area contributed by atoms with E-state index in [0.717, 1.165) is 11.3 Å². The zero-order valence-electron chi connectivity index (χ0n) is 15.9. The molecule has 0 amide bonds. The van der Waals surface area contributed by atoms with Gasteiger partial charge in [-0.2, -0.15) is 0 Å². The quantitative estimate of drug-likeness (QED) is 0.529. The minimum Gasteiger partial charge on any atom is -0.490 e. The second kappa shape index (κ2) is 7.84. The number of nitrogens with one attached hydrogen (secondary N) is 1. The molecular formula is C21H20N4O4. The fourth-order valence-corrected chi connectivity index (χ4v) is 3.66. The highest BCUT2D eigenvalue weighted by Gasteiger charge is 2.26. The van der Waals surface area contributed by atoms with Crippen LogP contribution in [0.25, 0.3) is 11.4 Å². The number of rotatable bonds is 5. The van der Waals surface area contributed by atoms with Crippen LogP contribution in [0.3, 0.4) is 0 Å². The highest BCUT2D eigenvalue weighted by atomic mass is 16.6. The van der Waals surface area contributed by atoms with Gasteiger partial charge in [-0.1, -0.05) is 42.5 Å². The smallest absolute Gasteiger partial charge is 0.315 e. The summed E-state index contributed by atoms with van der Waals surface area (Å²) in [6.07, 6.45) is 0.608. The Kier molecular flexibility index (Phi) is 5.09. The molecule has 29 heavy (non-hydrogen) atoms. The van der Waals surface area contributed by atoms with Crippen LogP contribution in [0.2, 0.25) is 0 Å². The lowest BCUT2D eigenvalue weighted by molar-refractivity contribution is -0.386. The second-order valence-corrected chi connectivity index (χ2v) is 6.89. The Bertz CT molecular complexity index is 1110. The zero-order valence-corrected chi connectivity index (χ0v) is 15.9. The number of hydrogen-bond donors (Lipinski definition) is 1. The molecule has 1 aromatic heterocycles. The Morgan fingerprint density at radius 1 is 1.21 bits per heavy atom. The fraction of sp³-hybridized carbons (Fsp3) is 0.238. The molecule has 8 nitrogen and oxygen atoms in total. The van der Waals surface area contributed by atoms with Gasteiger partial charge in [0.1, 0.15) is 5.82 Å². The third-order valence-corrected chi connectivity index (χ3v) is 5.07. The van der Waals surface area contributed by atoms with E-state index in [1.807, 2.05) is 35.2 Å². The van der Waals surface area contributed by atoms with Crippen molar-refractivity contribution in [1.29, 1.82) is 0 Å². The van der Waals surface area contributed by atoms with Crippen LogP contribution in [0.1, 0.15) is 16.8 Å². The molecule has 4 rings (SSSR count). The normalized spacial score (nSPS) is 13.7. The number of nitro benzene ring substituents is 1. The number of nitrogens with zero attached hydrogens (tertiary/aromatic N) is 3. The summed E-state index contributed by atoms with van der Waals surface area (Å²) in [6.45, 7) is 1.40. The van der Waals surface area contributed by atoms with Gasteiger partial charge < -0.3 is 9.72 Å². The van der Waals surface area contributed by atoms with Gasteiger partial charge in [0, 0.05) is 37.2 Å². The summed E-state index contributed by atoms with van der Waals surface area (Å²) in [5.41, 5.74) is 2.61. The van der Waals surface area contributed by atoms with Crippen molar-refractivity contribution in [2.24, 2.45) is 0 Å². The number of benzene rings is 2. The molecule has 3 aromatic rings. The van der Waals surface area contributed by atoms with Gasteiger partial charge in [0.25, 0.3) is 5.56 Å². The van der Waals surface area contributed by atoms with E-state index >= 15 is 0 Å². The summed E-state index contributed by atoms with van der Waals surface area (Å²) in [4.78, 5) is 33.3. The Balaban J connectivity index is 1.61. The number of aromatic nitrogens is 2. The average Bonchev–Trinajstić information content (AvgIpc) is 2.74. The predicted octanol–water partition coefficient (Wildman–Crippen LogP) is 2.91. The van der Waals surface area contributed by atoms with E-state index in [0.29, 0.717) is 43.0 Å². The van der Waals surface area contributed by atoms with Crippen LogP contribution in [0.15, 0.2) is 53.3 Å². The first-order valence-corrected chi connectivity index (χ1v) is 9.27. The fourth-order valence-electron chi connectivity index (χ4n) is 3.66. The van der Waals surface area contributed by atoms with Crippen LogP contribution in [0.4, 0.5) is 5.69 Å². The molecule has 148 valence electrons. The van der Waals surface area contributed by atoms with Gasteiger partial charge in [0.05, 0.1) is 23.3 Å². The molecule has 1 aliphatic heterocycles. The van der Waals surface area contributed by atoms with Crippen LogP contribution in [0, 0.1) is 10.1 Å². The molecular weight excluding hydrogens is 372 g/mol. The van der Waals surface area contributed by atoms with Gasteiger partial charge in [-0.15, -0.1) is 0 Å². The highest BCUT2D eigenvalue weighted by Crippen LogP contribution is 2.32. The van der Waals surface area contributed by atoms with E-state index in [-0.39, 0.29) is 17.0 Å². The maximum Gasteiger partial charge on any atom is 0.315 e. The number of ether oxygens (including phenoxy) is 1. The molecule has 0 spiro atoms. The van der Waals surface area contributed by atoms with Crippen LogP contribution >= 0.6 is 0 Å². The number of hydrogen-bond acceptors (Lipinski definition) is 6. The van der Waals surface area contributed by atoms with Crippen molar-refractivity contribution in [3.63, 3.8) is 0 Å². The van der Waals surface area contributed by atoms with Crippen molar-refractivity contribution >= 4 is 5.69 Å². The van der Waals surface area contributed by atoms with Gasteiger partial charge in [-0.05, 0) is 6.07 Å². The minimum absolute atomic E-state index is 0.0349. The van der Waals surface area contributed by atoms with Crippen molar-refractivity contribution in [3.05, 3.63) is 85.8 Å². The van der Waals surface area contributed by atoms with Gasteiger partial charge in [0.15, 0.2) is 5.75 Å². The molecule has 1 N–H and O–H groups in total. The van der Waals surface area contributed by atoms with Crippen LogP contribution in [-0.2, 0) is 19.5 Å². The van der Waals surface area contributed by atoms with Crippen molar-refractivity contribution in [2.75, 3.05) is 13.7 Å². The van der Waals surface area contributed by atoms with E-state index in [1.165, 1.54) is 7.11 Å². The molecule has 2 heterocycles. The molecule has 0 saturated heterocycles. The first-order chi connectivity index (χ1) is 14.1. The van der Waals surface area contributed by atoms with Gasteiger partial charge in [0.2, 0.25) is 0 Å². The standard InChI is InChI=1S/C21H20N4O4/c1-29-18-9-5-8-15(19(18)25(27)28)12-24-11-10-17-16(13-24)21(26)23-20(22-17)14-6-3-2-4-7-14/h2-9H,10-13H2,1H3,(H,22,23,26). The Hall–Kier alpha value is -3.52. The van der Waals surface area contributed by atoms with E-state index in [4.69, 9.17) is 4.74 Å². The van der Waals surface area contributed by atoms with E-state index in [2.05, 4.69) is 9.97 Å². The molecule has 0 bridgehead atoms. The molecule has 8 heteroatoms. The average molecular weight is 392 g/mol. The van der Waals surface area contributed by atoms with E-state index in [1.54, 1.807) is 18.2 Å². The van der Waals surface area contributed by atoms with Gasteiger partial charge >= 0.3 is 5.69 Å². The lowest BCUT2D eigenvalue weighted by atomic mass is 10.0. The summed E-state index contributed by atoms with van der Waals surface area (Å²) in [5, 5.41) is 11.5. The summed E-state index contributed by atoms with van der Waals surface area (Å²) in [5.74, 6) is 0.795. The van der Waals surface area contributed by atoms with Crippen molar-refractivity contribution in [2.45, 2.75) is 19.5 Å². The molecule has 0 atom stereocenters. The highest BCUT2D eigenvalue weighted by molar-refractivity contribution is 5.55. The lowest BCUT2D eigenvalue weighted by Crippen LogP contribution is -2.35. The predicted molar refractivity (Wildman–Crippen MR) is 108 cm³/mol. The summed E-state index contributed by atoms with van der Waals surface area (Å²) in [7, 11) is 1.42. The molecule has 0 aliphatic carbocycles. The first-order valence-electron chi connectivity index (χ1n) is 9.27. The maximum absolute atomic E-state index is 12.7. The van der Waals surface area contributed by atoms with E-state index < -0.39 is 4.92 Å². The van der Waals surface area contributed by atoms with Crippen LogP contribution < -0.4 is 10.3 Å². The Morgan fingerprint density at radius 3 is 2.72 bits per heavy atom. The number of aromatic amines is 1. The van der Waals surface area contributed by atoms with Gasteiger partial charge in [-0.25, -0.2) is 4.98 Å². The van der Waals surface area contributed by atoms with Crippen molar-refractivity contribution in [3.8, 4) is 17.1 Å². The van der Waals surface area contributed by atoms with Crippen LogP contribution in [0.5, 0.6) is 5.75 Å². The third kappa shape index (κ3) is 3.74. The number of fused-ring (bicyclic) bond motifs is 1. The SMILES string of the molecule is COc1cccc(CN2CCc3nc(-c4ccccc4)[nH]c(=O)c3C2)c1[N+](=O)[O-]. The maximum atomic E-state index is 12.7. The molecule has 0 radical (unpaired) electrons. The number of para-hydroxylation sites is 1. The summed E-state index contributed by atoms with van der Waals surface area (Å²) < 4.78 is 5.14. The third-order valence-electron chi connectivity index (χ3n) is 5.07. The van der Waals surface area contributed by atoms with Crippen LogP contribution in [-0.4, -0.2) is 33.4 Å². The summed E-state index contributed by atoms with van der Waals surface area (Å²) in [6, 6.07) is 14.6.